The molecule has 0 aromatic heterocycles. The monoisotopic (exact) mass is 247 g/mol. The molecule has 1 fully saturated rings. The van der Waals surface area contributed by atoms with Crippen LogP contribution in [0.25, 0.3) is 0 Å². The summed E-state index contributed by atoms with van der Waals surface area (Å²) >= 11 is 0. The van der Waals surface area contributed by atoms with E-state index in [0.29, 0.717) is 0 Å². The Morgan fingerprint density at radius 2 is 1.83 bits per heavy atom. The highest BCUT2D eigenvalue weighted by molar-refractivity contribution is 5.89. The Kier molecular flexibility index (Phi) is 3.57. The molecule has 18 heavy (non-hydrogen) atoms. The molecule has 0 radical (unpaired) electrons. The molecular weight excluding hydrogens is 226 g/mol. The average molecular weight is 247 g/mol. The molecule has 1 heterocycles. The van der Waals surface area contributed by atoms with Crippen molar-refractivity contribution in [1.29, 1.82) is 0 Å². The lowest BCUT2D eigenvalue weighted by Crippen LogP contribution is -2.64. The summed E-state index contributed by atoms with van der Waals surface area (Å²) < 4.78 is 0. The van der Waals surface area contributed by atoms with Crippen LogP contribution in [0.5, 0.6) is 0 Å². The fourth-order valence-electron chi connectivity index (χ4n) is 1.99. The topological polar surface area (TPSA) is 44.4 Å². The smallest absolute Gasteiger partial charge is 0.319 e. The van der Waals surface area contributed by atoms with Gasteiger partial charge in [0.05, 0.1) is 6.04 Å². The molecule has 0 unspecified atom stereocenters. The third-order valence-corrected chi connectivity index (χ3v) is 3.20. The number of likely N-dealkylation sites (tertiary alicyclic amines) is 1. The number of para-hydroxylation sites is 1. The maximum Gasteiger partial charge on any atom is 0.319 e. The predicted octanol–water partition coefficient (Wildman–Crippen LogP) is 2.29. The van der Waals surface area contributed by atoms with Crippen LogP contribution in [0.4, 0.5) is 10.5 Å². The van der Waals surface area contributed by atoms with Gasteiger partial charge in [0.25, 0.3) is 0 Å². The summed E-state index contributed by atoms with van der Waals surface area (Å²) in [6.45, 7) is 8.41. The fraction of sp³-hybridized carbons (Fsp3) is 0.500. The van der Waals surface area contributed by atoms with Crippen LogP contribution < -0.4 is 10.6 Å². The molecule has 0 aliphatic carbocycles. The van der Waals surface area contributed by atoms with Crippen molar-refractivity contribution < 1.29 is 4.79 Å². The third-order valence-electron chi connectivity index (χ3n) is 3.20. The van der Waals surface area contributed by atoms with Gasteiger partial charge >= 0.3 is 6.03 Å². The van der Waals surface area contributed by atoms with Crippen LogP contribution in [0.3, 0.4) is 0 Å². The van der Waals surface area contributed by atoms with Gasteiger partial charge in [0.2, 0.25) is 0 Å². The highest BCUT2D eigenvalue weighted by Gasteiger charge is 2.34. The number of carbonyl (C=O) groups is 1. The first kappa shape index (κ1) is 12.9. The van der Waals surface area contributed by atoms with E-state index in [0.717, 1.165) is 18.8 Å². The van der Waals surface area contributed by atoms with Crippen LogP contribution in [-0.2, 0) is 0 Å². The molecule has 2 N–H and O–H groups in total. The first-order chi connectivity index (χ1) is 8.45. The van der Waals surface area contributed by atoms with Gasteiger partial charge in [-0.1, -0.05) is 18.2 Å². The van der Waals surface area contributed by atoms with E-state index in [1.54, 1.807) is 0 Å². The number of anilines is 1. The standard InChI is InChI=1S/C14H21N3O/c1-14(2,3)17-9-12(10-17)16-13(18)15-11-7-5-4-6-8-11/h4-8,12H,9-10H2,1-3H3,(H2,15,16,18). The summed E-state index contributed by atoms with van der Waals surface area (Å²) in [6.07, 6.45) is 0. The molecule has 1 aromatic carbocycles. The lowest BCUT2D eigenvalue weighted by molar-refractivity contribution is 0.0397. The number of hydrogen-bond acceptors (Lipinski definition) is 2. The van der Waals surface area contributed by atoms with Crippen LogP contribution in [0.2, 0.25) is 0 Å². The Bertz CT molecular complexity index is 405. The Labute approximate surface area is 108 Å². The zero-order valence-electron chi connectivity index (χ0n) is 11.2. The normalized spacial score (nSPS) is 17.1. The minimum Gasteiger partial charge on any atom is -0.333 e. The molecule has 2 rings (SSSR count). The first-order valence-electron chi connectivity index (χ1n) is 6.33. The quantitative estimate of drug-likeness (QED) is 0.842. The summed E-state index contributed by atoms with van der Waals surface area (Å²) in [5, 5.41) is 5.80. The zero-order chi connectivity index (χ0) is 13.2. The van der Waals surface area contributed by atoms with E-state index in [9.17, 15) is 4.79 Å². The van der Waals surface area contributed by atoms with E-state index < -0.39 is 0 Å². The molecular formula is C14H21N3O. The van der Waals surface area contributed by atoms with Gasteiger partial charge in [0, 0.05) is 24.3 Å². The van der Waals surface area contributed by atoms with E-state index in [1.807, 2.05) is 30.3 Å². The number of carbonyl (C=O) groups excluding carboxylic acids is 1. The predicted molar refractivity (Wildman–Crippen MR) is 73.7 cm³/mol. The summed E-state index contributed by atoms with van der Waals surface area (Å²) in [7, 11) is 0. The highest BCUT2D eigenvalue weighted by Crippen LogP contribution is 2.20. The van der Waals surface area contributed by atoms with E-state index in [4.69, 9.17) is 0 Å². The van der Waals surface area contributed by atoms with Crippen molar-refractivity contribution in [2.45, 2.75) is 32.4 Å². The van der Waals surface area contributed by atoms with E-state index in [1.165, 1.54) is 0 Å². The molecule has 98 valence electrons. The molecule has 4 nitrogen and oxygen atoms in total. The number of amides is 2. The number of hydrogen-bond donors (Lipinski definition) is 2. The number of nitrogens with zero attached hydrogens (tertiary/aromatic N) is 1. The van der Waals surface area contributed by atoms with Crippen molar-refractivity contribution in [1.82, 2.24) is 10.2 Å². The van der Waals surface area contributed by atoms with Gasteiger partial charge in [-0.05, 0) is 32.9 Å². The Morgan fingerprint density at radius 1 is 1.22 bits per heavy atom. The second kappa shape index (κ2) is 4.98. The van der Waals surface area contributed by atoms with Crippen molar-refractivity contribution >= 4 is 11.7 Å². The van der Waals surface area contributed by atoms with E-state index >= 15 is 0 Å². The van der Waals surface area contributed by atoms with Crippen LogP contribution in [0, 0.1) is 0 Å². The van der Waals surface area contributed by atoms with Crippen molar-refractivity contribution in [3.63, 3.8) is 0 Å². The van der Waals surface area contributed by atoms with Crippen molar-refractivity contribution in [2.24, 2.45) is 0 Å². The summed E-state index contributed by atoms with van der Waals surface area (Å²) in [4.78, 5) is 14.1. The third kappa shape index (κ3) is 3.23. The molecule has 1 aromatic rings. The van der Waals surface area contributed by atoms with Crippen molar-refractivity contribution in [2.75, 3.05) is 18.4 Å². The van der Waals surface area contributed by atoms with Crippen LogP contribution >= 0.6 is 0 Å². The Balaban J connectivity index is 1.74. The maximum absolute atomic E-state index is 11.7. The van der Waals surface area contributed by atoms with Crippen LogP contribution in [0.15, 0.2) is 30.3 Å². The lowest BCUT2D eigenvalue weighted by atomic mass is 9.98. The highest BCUT2D eigenvalue weighted by atomic mass is 16.2. The Hall–Kier alpha value is -1.55. The molecule has 1 aliphatic rings. The summed E-state index contributed by atoms with van der Waals surface area (Å²) in [5.41, 5.74) is 1.01. The van der Waals surface area contributed by atoms with Crippen molar-refractivity contribution in [3.8, 4) is 0 Å². The molecule has 0 saturated carbocycles. The average Bonchev–Trinajstić information content (AvgIpc) is 2.22. The molecule has 0 atom stereocenters. The largest absolute Gasteiger partial charge is 0.333 e. The second-order valence-corrected chi connectivity index (χ2v) is 5.74. The minimum absolute atomic E-state index is 0.125. The summed E-state index contributed by atoms with van der Waals surface area (Å²) in [6, 6.07) is 9.62. The first-order valence-corrected chi connectivity index (χ1v) is 6.33. The lowest BCUT2D eigenvalue weighted by Gasteiger charge is -2.47. The van der Waals surface area contributed by atoms with Crippen molar-refractivity contribution in [3.05, 3.63) is 30.3 Å². The van der Waals surface area contributed by atoms with E-state index in [2.05, 4.69) is 36.3 Å². The van der Waals surface area contributed by atoms with Gasteiger partial charge in [0.1, 0.15) is 0 Å². The second-order valence-electron chi connectivity index (χ2n) is 5.74. The molecule has 0 bridgehead atoms. The molecule has 1 aliphatic heterocycles. The van der Waals surface area contributed by atoms with Gasteiger partial charge in [0.15, 0.2) is 0 Å². The Morgan fingerprint density at radius 3 is 2.39 bits per heavy atom. The number of benzene rings is 1. The molecule has 0 spiro atoms. The van der Waals surface area contributed by atoms with Gasteiger partial charge in [-0.3, -0.25) is 4.90 Å². The van der Waals surface area contributed by atoms with Gasteiger partial charge in [-0.25, -0.2) is 4.79 Å². The SMILES string of the molecule is CC(C)(C)N1CC(NC(=O)Nc2ccccc2)C1. The van der Waals surface area contributed by atoms with E-state index in [-0.39, 0.29) is 17.6 Å². The minimum atomic E-state index is -0.125. The van der Waals surface area contributed by atoms with Gasteiger partial charge in [-0.2, -0.15) is 0 Å². The van der Waals surface area contributed by atoms with Gasteiger partial charge in [-0.15, -0.1) is 0 Å². The summed E-state index contributed by atoms with van der Waals surface area (Å²) in [5.74, 6) is 0. The number of rotatable bonds is 2. The molecule has 2 amide bonds. The fourth-order valence-corrected chi connectivity index (χ4v) is 1.99. The van der Waals surface area contributed by atoms with Crippen LogP contribution in [-0.4, -0.2) is 35.6 Å². The zero-order valence-corrected chi connectivity index (χ0v) is 11.2. The van der Waals surface area contributed by atoms with Gasteiger partial charge < -0.3 is 10.6 Å². The molecule has 1 saturated heterocycles. The number of urea groups is 1. The molecule has 4 heteroatoms. The maximum atomic E-state index is 11.7. The number of nitrogens with one attached hydrogen (secondary N) is 2. The van der Waals surface area contributed by atoms with Crippen LogP contribution in [0.1, 0.15) is 20.8 Å².